The topological polar surface area (TPSA) is 41.4 Å². The number of benzene rings is 1. The molecule has 1 fully saturated rings. The number of fused-ring (bicyclic) bond motifs is 1. The van der Waals surface area contributed by atoms with Crippen molar-refractivity contribution in [1.82, 2.24) is 19.4 Å². The highest BCUT2D eigenvalue weighted by atomic mass is 16.2. The Hall–Kier alpha value is -2.14. The van der Waals surface area contributed by atoms with Gasteiger partial charge in [-0.1, -0.05) is 18.2 Å². The molecular formula is C18H24N4O. The first-order chi connectivity index (χ1) is 11.1. The van der Waals surface area contributed by atoms with E-state index in [9.17, 15) is 4.79 Å². The Bertz CT molecular complexity index is 732. The first kappa shape index (κ1) is 15.7. The number of likely N-dealkylation sites (N-methyl/N-ethyl adjacent to an activating group) is 1. The number of rotatable bonds is 4. The number of amides is 1. The average Bonchev–Trinajstić information content (AvgIpc) is 3.12. The molecule has 1 aliphatic heterocycles. The number of carbonyl (C=O) groups is 1. The van der Waals surface area contributed by atoms with Crippen LogP contribution >= 0.6 is 0 Å². The quantitative estimate of drug-likeness (QED) is 0.814. The Balaban J connectivity index is 1.84. The summed E-state index contributed by atoms with van der Waals surface area (Å²) in [6.45, 7) is 1.58. The second kappa shape index (κ2) is 6.54. The van der Waals surface area contributed by atoms with Gasteiger partial charge in [-0.2, -0.15) is 0 Å². The molecule has 0 spiro atoms. The molecule has 5 nitrogen and oxygen atoms in total. The summed E-state index contributed by atoms with van der Waals surface area (Å²) < 4.78 is 2.12. The van der Waals surface area contributed by atoms with E-state index in [1.165, 1.54) is 0 Å². The molecule has 1 aromatic carbocycles. The number of hydrogen-bond acceptors (Lipinski definition) is 3. The molecule has 1 saturated heterocycles. The van der Waals surface area contributed by atoms with E-state index in [0.29, 0.717) is 0 Å². The third-order valence-electron chi connectivity index (χ3n) is 4.39. The standard InChI is InChI=1S/C18H24N4O/c1-20(2)12-7-11-17(23)22-13-6-10-16(22)18-19-14-8-4-5-9-15(14)21(18)3/h4-5,7-9,11,16H,6,10,12-13H2,1-3H3/b11-7+. The first-order valence-corrected chi connectivity index (χ1v) is 8.11. The second-order valence-electron chi connectivity index (χ2n) is 6.37. The van der Waals surface area contributed by atoms with Gasteiger partial charge in [0, 0.05) is 26.2 Å². The lowest BCUT2D eigenvalue weighted by Crippen LogP contribution is -2.30. The Labute approximate surface area is 137 Å². The van der Waals surface area contributed by atoms with Crippen molar-refractivity contribution in [3.63, 3.8) is 0 Å². The van der Waals surface area contributed by atoms with Crippen LogP contribution in [0.1, 0.15) is 24.7 Å². The van der Waals surface area contributed by atoms with E-state index in [4.69, 9.17) is 4.98 Å². The molecule has 122 valence electrons. The molecule has 1 amide bonds. The van der Waals surface area contributed by atoms with Crippen molar-refractivity contribution in [2.45, 2.75) is 18.9 Å². The molecule has 0 saturated carbocycles. The zero-order valence-corrected chi connectivity index (χ0v) is 14.1. The molecule has 1 atom stereocenters. The fourth-order valence-electron chi connectivity index (χ4n) is 3.22. The maximum Gasteiger partial charge on any atom is 0.246 e. The van der Waals surface area contributed by atoms with Crippen LogP contribution in [0.4, 0.5) is 0 Å². The van der Waals surface area contributed by atoms with Gasteiger partial charge >= 0.3 is 0 Å². The molecule has 0 bridgehead atoms. The molecular weight excluding hydrogens is 288 g/mol. The van der Waals surface area contributed by atoms with Gasteiger partial charge in [-0.05, 0) is 39.1 Å². The van der Waals surface area contributed by atoms with Gasteiger partial charge in [-0.3, -0.25) is 4.79 Å². The maximum absolute atomic E-state index is 12.5. The van der Waals surface area contributed by atoms with E-state index in [1.54, 1.807) is 6.08 Å². The minimum absolute atomic E-state index is 0.0731. The van der Waals surface area contributed by atoms with E-state index in [-0.39, 0.29) is 11.9 Å². The summed E-state index contributed by atoms with van der Waals surface area (Å²) in [6.07, 6.45) is 5.62. The van der Waals surface area contributed by atoms with E-state index >= 15 is 0 Å². The van der Waals surface area contributed by atoms with Crippen LogP contribution in [0, 0.1) is 0 Å². The first-order valence-electron chi connectivity index (χ1n) is 8.11. The van der Waals surface area contributed by atoms with E-state index in [2.05, 4.69) is 10.6 Å². The molecule has 0 radical (unpaired) electrons. The second-order valence-corrected chi connectivity index (χ2v) is 6.37. The molecule has 1 unspecified atom stereocenters. The number of likely N-dealkylation sites (tertiary alicyclic amines) is 1. The highest BCUT2D eigenvalue weighted by Crippen LogP contribution is 2.32. The average molecular weight is 312 g/mol. The van der Waals surface area contributed by atoms with Crippen LogP contribution < -0.4 is 0 Å². The number of aromatic nitrogens is 2. The van der Waals surface area contributed by atoms with Crippen LogP contribution in [0.5, 0.6) is 0 Å². The number of aryl methyl sites for hydroxylation is 1. The van der Waals surface area contributed by atoms with E-state index < -0.39 is 0 Å². The summed E-state index contributed by atoms with van der Waals surface area (Å²) in [5.41, 5.74) is 2.11. The predicted octanol–water partition coefficient (Wildman–Crippen LogP) is 2.35. The fraction of sp³-hybridized carbons (Fsp3) is 0.444. The van der Waals surface area contributed by atoms with Crippen LogP contribution in [0.3, 0.4) is 0 Å². The molecule has 3 rings (SSSR count). The lowest BCUT2D eigenvalue weighted by Gasteiger charge is -2.23. The normalized spacial score (nSPS) is 18.6. The van der Waals surface area contributed by atoms with Crippen molar-refractivity contribution < 1.29 is 4.79 Å². The highest BCUT2D eigenvalue weighted by molar-refractivity contribution is 5.88. The largest absolute Gasteiger partial charge is 0.329 e. The van der Waals surface area contributed by atoms with Crippen LogP contribution in [0.15, 0.2) is 36.4 Å². The zero-order chi connectivity index (χ0) is 16.4. The number of para-hydroxylation sites is 2. The SMILES string of the molecule is CN(C)C/C=C/C(=O)N1CCCC1c1nc2ccccc2n1C. The fourth-order valence-corrected chi connectivity index (χ4v) is 3.22. The van der Waals surface area contributed by atoms with Crippen molar-refractivity contribution in [3.05, 3.63) is 42.2 Å². The zero-order valence-electron chi connectivity index (χ0n) is 14.1. The summed E-state index contributed by atoms with van der Waals surface area (Å²) in [7, 11) is 6.02. The van der Waals surface area contributed by atoms with Crippen LogP contribution in [-0.4, -0.2) is 52.4 Å². The van der Waals surface area contributed by atoms with Gasteiger partial charge < -0.3 is 14.4 Å². The van der Waals surface area contributed by atoms with Crippen molar-refractivity contribution in [1.29, 1.82) is 0 Å². The molecule has 2 heterocycles. The van der Waals surface area contributed by atoms with Gasteiger partial charge in [0.25, 0.3) is 0 Å². The summed E-state index contributed by atoms with van der Waals surface area (Å²) >= 11 is 0. The minimum Gasteiger partial charge on any atom is -0.329 e. The smallest absolute Gasteiger partial charge is 0.246 e. The van der Waals surface area contributed by atoms with Gasteiger partial charge in [-0.25, -0.2) is 4.98 Å². The van der Waals surface area contributed by atoms with E-state index in [1.807, 2.05) is 55.2 Å². The molecule has 1 aliphatic rings. The van der Waals surface area contributed by atoms with Crippen molar-refractivity contribution in [2.24, 2.45) is 7.05 Å². The van der Waals surface area contributed by atoms with Gasteiger partial charge in [0.2, 0.25) is 5.91 Å². The third kappa shape index (κ3) is 3.15. The summed E-state index contributed by atoms with van der Waals surface area (Å²) in [5.74, 6) is 1.07. The minimum atomic E-state index is 0.0731. The Morgan fingerprint density at radius 2 is 2.17 bits per heavy atom. The molecule has 0 aliphatic carbocycles. The van der Waals surface area contributed by atoms with Crippen LogP contribution in [0.2, 0.25) is 0 Å². The lowest BCUT2D eigenvalue weighted by molar-refractivity contribution is -0.127. The maximum atomic E-state index is 12.5. The van der Waals surface area contributed by atoms with Gasteiger partial charge in [-0.15, -0.1) is 0 Å². The van der Waals surface area contributed by atoms with Crippen molar-refractivity contribution in [2.75, 3.05) is 27.2 Å². The number of hydrogen-bond donors (Lipinski definition) is 0. The van der Waals surface area contributed by atoms with Crippen molar-refractivity contribution in [3.8, 4) is 0 Å². The summed E-state index contributed by atoms with van der Waals surface area (Å²) in [6, 6.07) is 8.19. The Kier molecular flexibility index (Phi) is 4.48. The molecule has 2 aromatic rings. The number of carbonyl (C=O) groups excluding carboxylic acids is 1. The monoisotopic (exact) mass is 312 g/mol. The molecule has 1 aromatic heterocycles. The highest BCUT2D eigenvalue weighted by Gasteiger charge is 2.32. The molecule has 0 N–H and O–H groups in total. The molecule has 5 heteroatoms. The summed E-state index contributed by atoms with van der Waals surface area (Å²) in [5, 5.41) is 0. The van der Waals surface area contributed by atoms with Crippen LogP contribution in [0.25, 0.3) is 11.0 Å². The van der Waals surface area contributed by atoms with Gasteiger partial charge in [0.15, 0.2) is 0 Å². The number of nitrogens with zero attached hydrogens (tertiary/aromatic N) is 4. The van der Waals surface area contributed by atoms with Gasteiger partial charge in [0.1, 0.15) is 5.82 Å². The van der Waals surface area contributed by atoms with Gasteiger partial charge in [0.05, 0.1) is 17.1 Å². The van der Waals surface area contributed by atoms with Crippen LogP contribution in [-0.2, 0) is 11.8 Å². The summed E-state index contributed by atoms with van der Waals surface area (Å²) in [4.78, 5) is 21.3. The van der Waals surface area contributed by atoms with Crippen molar-refractivity contribution >= 4 is 16.9 Å². The predicted molar refractivity (Wildman–Crippen MR) is 92.1 cm³/mol. The Morgan fingerprint density at radius 1 is 1.39 bits per heavy atom. The Morgan fingerprint density at radius 3 is 2.91 bits per heavy atom. The lowest BCUT2D eigenvalue weighted by atomic mass is 10.2. The third-order valence-corrected chi connectivity index (χ3v) is 4.39. The molecule has 23 heavy (non-hydrogen) atoms. The number of imidazole rings is 1. The van der Waals surface area contributed by atoms with E-state index in [0.717, 1.165) is 42.8 Å².